The number of ether oxygens (including phenoxy) is 2. The highest BCUT2D eigenvalue weighted by Crippen LogP contribution is 2.35. The summed E-state index contributed by atoms with van der Waals surface area (Å²) in [6.07, 6.45) is 5.40. The maximum atomic E-state index is 12.5. The van der Waals surface area contributed by atoms with Gasteiger partial charge in [0.2, 0.25) is 0 Å². The van der Waals surface area contributed by atoms with Crippen LogP contribution in [0.5, 0.6) is 11.5 Å². The molecule has 1 N–H and O–H groups in total. The molecule has 2 aromatic carbocycles. The Morgan fingerprint density at radius 2 is 1.87 bits per heavy atom. The van der Waals surface area contributed by atoms with Crippen LogP contribution < -0.4 is 14.8 Å². The minimum absolute atomic E-state index is 0.143. The molecule has 0 radical (unpaired) electrons. The van der Waals surface area contributed by atoms with Crippen molar-refractivity contribution in [2.24, 2.45) is 0 Å². The Morgan fingerprint density at radius 1 is 1.13 bits per heavy atom. The smallest absolute Gasteiger partial charge is 0.329 e. The zero-order chi connectivity index (χ0) is 22.4. The van der Waals surface area contributed by atoms with Gasteiger partial charge < -0.3 is 14.8 Å². The fraction of sp³-hybridized carbons (Fsp3) is 0.167. The Hall–Kier alpha value is -3.51. The van der Waals surface area contributed by atoms with Crippen LogP contribution in [0.2, 0.25) is 5.02 Å². The van der Waals surface area contributed by atoms with Gasteiger partial charge in [-0.25, -0.2) is 4.79 Å². The van der Waals surface area contributed by atoms with Crippen molar-refractivity contribution in [3.05, 3.63) is 89.1 Å². The normalized spacial score (nSPS) is 14.5. The molecule has 160 valence electrons. The van der Waals surface area contributed by atoms with Crippen LogP contribution in [-0.4, -0.2) is 30.5 Å². The standard InChI is InChI=1S/C24H23ClN2O4/c1-4-6-18-12-17(13-20-23(28)27(11-5-2)24(29)26-20)14-21(30-3)22(18)31-15-16-7-9-19(25)10-8-16/h4-5,7-10,12-14H,1-2,6,11,15H2,3H3,(H,26,29)/b20-13+. The van der Waals surface area contributed by atoms with Crippen molar-refractivity contribution in [3.8, 4) is 11.5 Å². The lowest BCUT2D eigenvalue weighted by Gasteiger charge is -2.16. The number of rotatable bonds is 9. The monoisotopic (exact) mass is 438 g/mol. The molecular formula is C24H23ClN2O4. The van der Waals surface area contributed by atoms with Crippen LogP contribution in [0.1, 0.15) is 16.7 Å². The van der Waals surface area contributed by atoms with Crippen LogP contribution in [0, 0.1) is 0 Å². The van der Waals surface area contributed by atoms with E-state index in [9.17, 15) is 9.59 Å². The van der Waals surface area contributed by atoms with Gasteiger partial charge in [0.25, 0.3) is 5.91 Å². The van der Waals surface area contributed by atoms with E-state index in [4.69, 9.17) is 21.1 Å². The average Bonchev–Trinajstić information content (AvgIpc) is 3.01. The number of benzene rings is 2. The third-order valence-electron chi connectivity index (χ3n) is 4.62. The van der Waals surface area contributed by atoms with E-state index in [1.165, 1.54) is 6.08 Å². The predicted octanol–water partition coefficient (Wildman–Crippen LogP) is 4.73. The molecule has 1 aliphatic heterocycles. The number of nitrogens with zero attached hydrogens (tertiary/aromatic N) is 1. The molecule has 0 saturated carbocycles. The summed E-state index contributed by atoms with van der Waals surface area (Å²) in [6, 6.07) is 10.6. The van der Waals surface area contributed by atoms with Gasteiger partial charge in [0.1, 0.15) is 12.3 Å². The number of carbonyl (C=O) groups excluding carboxylic acids is 2. The molecule has 0 aromatic heterocycles. The van der Waals surface area contributed by atoms with Crippen LogP contribution in [0.4, 0.5) is 4.79 Å². The van der Waals surface area contributed by atoms with Crippen molar-refractivity contribution in [2.75, 3.05) is 13.7 Å². The van der Waals surface area contributed by atoms with Crippen molar-refractivity contribution >= 4 is 29.6 Å². The molecule has 1 aliphatic rings. The van der Waals surface area contributed by atoms with Crippen molar-refractivity contribution < 1.29 is 19.1 Å². The molecule has 6 nitrogen and oxygen atoms in total. The van der Waals surface area contributed by atoms with Gasteiger partial charge in [-0.2, -0.15) is 0 Å². The molecule has 0 aliphatic carbocycles. The van der Waals surface area contributed by atoms with E-state index >= 15 is 0 Å². The SMILES string of the molecule is C=CCc1cc(/C=C2/NC(=O)N(CC=C)C2=O)cc(OC)c1OCc1ccc(Cl)cc1. The van der Waals surface area contributed by atoms with Gasteiger partial charge in [-0.1, -0.05) is 35.9 Å². The maximum Gasteiger partial charge on any atom is 0.329 e. The lowest BCUT2D eigenvalue weighted by Crippen LogP contribution is -2.30. The highest BCUT2D eigenvalue weighted by Gasteiger charge is 2.32. The summed E-state index contributed by atoms with van der Waals surface area (Å²) < 4.78 is 11.6. The fourth-order valence-corrected chi connectivity index (χ4v) is 3.28. The number of methoxy groups -OCH3 is 1. The van der Waals surface area contributed by atoms with Crippen LogP contribution in [-0.2, 0) is 17.8 Å². The Morgan fingerprint density at radius 3 is 2.52 bits per heavy atom. The molecule has 3 rings (SSSR count). The second kappa shape index (κ2) is 10.00. The fourth-order valence-electron chi connectivity index (χ4n) is 3.16. The van der Waals surface area contributed by atoms with E-state index in [1.807, 2.05) is 18.2 Å². The summed E-state index contributed by atoms with van der Waals surface area (Å²) in [7, 11) is 1.55. The van der Waals surface area contributed by atoms with Gasteiger partial charge in [0.15, 0.2) is 11.5 Å². The third-order valence-corrected chi connectivity index (χ3v) is 4.87. The van der Waals surface area contributed by atoms with Crippen LogP contribution in [0.25, 0.3) is 6.08 Å². The summed E-state index contributed by atoms with van der Waals surface area (Å²) in [6.45, 7) is 7.86. The first-order valence-electron chi connectivity index (χ1n) is 9.61. The topological polar surface area (TPSA) is 67.9 Å². The zero-order valence-electron chi connectivity index (χ0n) is 17.2. The highest BCUT2D eigenvalue weighted by molar-refractivity contribution is 6.30. The number of halogens is 1. The van der Waals surface area contributed by atoms with Gasteiger partial charge in [0.05, 0.1) is 7.11 Å². The highest BCUT2D eigenvalue weighted by atomic mass is 35.5. The molecule has 3 amide bonds. The first-order valence-corrected chi connectivity index (χ1v) is 9.99. The second-order valence-electron chi connectivity index (χ2n) is 6.81. The lowest BCUT2D eigenvalue weighted by molar-refractivity contribution is -0.122. The molecule has 0 atom stereocenters. The van der Waals surface area contributed by atoms with Crippen molar-refractivity contribution in [1.29, 1.82) is 0 Å². The van der Waals surface area contributed by atoms with Crippen LogP contribution in [0.3, 0.4) is 0 Å². The molecular weight excluding hydrogens is 416 g/mol. The quantitative estimate of drug-likeness (QED) is 0.349. The number of carbonyl (C=O) groups is 2. The number of hydrogen-bond donors (Lipinski definition) is 1. The molecule has 0 unspecified atom stereocenters. The lowest BCUT2D eigenvalue weighted by atomic mass is 10.0. The van der Waals surface area contributed by atoms with E-state index in [1.54, 1.807) is 37.5 Å². The number of imide groups is 1. The van der Waals surface area contributed by atoms with E-state index < -0.39 is 11.9 Å². The average molecular weight is 439 g/mol. The summed E-state index contributed by atoms with van der Waals surface area (Å²) in [5.41, 5.74) is 2.68. The van der Waals surface area contributed by atoms with E-state index in [0.29, 0.717) is 35.1 Å². The third kappa shape index (κ3) is 5.16. The first-order chi connectivity index (χ1) is 15.0. The Bertz CT molecular complexity index is 1040. The Kier molecular flexibility index (Phi) is 7.15. The Balaban J connectivity index is 1.91. The number of allylic oxidation sites excluding steroid dienone is 1. The van der Waals surface area contributed by atoms with E-state index in [2.05, 4.69) is 18.5 Å². The van der Waals surface area contributed by atoms with Crippen molar-refractivity contribution in [3.63, 3.8) is 0 Å². The molecule has 1 fully saturated rings. The molecule has 2 aromatic rings. The van der Waals surface area contributed by atoms with E-state index in [0.717, 1.165) is 16.0 Å². The summed E-state index contributed by atoms with van der Waals surface area (Å²) in [5, 5.41) is 3.25. The number of hydrogen-bond acceptors (Lipinski definition) is 4. The maximum absolute atomic E-state index is 12.5. The molecule has 1 heterocycles. The Labute approximate surface area is 186 Å². The van der Waals surface area contributed by atoms with Gasteiger partial charge in [0, 0.05) is 17.1 Å². The first kappa shape index (κ1) is 22.2. The second-order valence-corrected chi connectivity index (χ2v) is 7.25. The zero-order valence-corrected chi connectivity index (χ0v) is 17.9. The van der Waals surface area contributed by atoms with E-state index in [-0.39, 0.29) is 12.2 Å². The van der Waals surface area contributed by atoms with Gasteiger partial charge in [-0.15, -0.1) is 13.2 Å². The summed E-state index contributed by atoms with van der Waals surface area (Å²) >= 11 is 5.94. The largest absolute Gasteiger partial charge is 0.493 e. The molecule has 31 heavy (non-hydrogen) atoms. The van der Waals surface area contributed by atoms with Crippen molar-refractivity contribution in [2.45, 2.75) is 13.0 Å². The molecule has 1 saturated heterocycles. The number of urea groups is 1. The van der Waals surface area contributed by atoms with Crippen molar-refractivity contribution in [1.82, 2.24) is 10.2 Å². The predicted molar refractivity (Wildman–Crippen MR) is 121 cm³/mol. The minimum Gasteiger partial charge on any atom is -0.493 e. The number of amides is 3. The summed E-state index contributed by atoms with van der Waals surface area (Å²) in [4.78, 5) is 25.6. The summed E-state index contributed by atoms with van der Waals surface area (Å²) in [5.74, 6) is 0.701. The minimum atomic E-state index is -0.475. The van der Waals surface area contributed by atoms with Gasteiger partial charge >= 0.3 is 6.03 Å². The van der Waals surface area contributed by atoms with Gasteiger partial charge in [-0.05, 0) is 47.9 Å². The van der Waals surface area contributed by atoms with Crippen LogP contribution in [0.15, 0.2) is 67.4 Å². The number of nitrogens with one attached hydrogen (secondary N) is 1. The molecule has 0 spiro atoms. The molecule has 7 heteroatoms. The molecule has 0 bridgehead atoms. The van der Waals surface area contributed by atoms with Gasteiger partial charge in [-0.3, -0.25) is 9.69 Å². The van der Waals surface area contributed by atoms with Crippen LogP contribution >= 0.6 is 11.6 Å².